The fourth-order valence-corrected chi connectivity index (χ4v) is 5.36. The van der Waals surface area contributed by atoms with Crippen LogP contribution in [0.4, 0.5) is 4.39 Å². The summed E-state index contributed by atoms with van der Waals surface area (Å²) >= 11 is 0. The maximum atomic E-state index is 14.7. The van der Waals surface area contributed by atoms with Crippen LogP contribution in [0.3, 0.4) is 0 Å². The summed E-state index contributed by atoms with van der Waals surface area (Å²) in [7, 11) is 1.65. The Bertz CT molecular complexity index is 1100. The molecule has 0 saturated carbocycles. The third-order valence-electron chi connectivity index (χ3n) is 7.32. The minimum atomic E-state index is -0.431. The Morgan fingerprint density at radius 2 is 1.97 bits per heavy atom. The molecule has 2 amide bonds. The van der Waals surface area contributed by atoms with E-state index in [-0.39, 0.29) is 41.1 Å². The van der Waals surface area contributed by atoms with Crippen molar-refractivity contribution in [3.8, 4) is 5.69 Å². The van der Waals surface area contributed by atoms with Crippen molar-refractivity contribution in [1.82, 2.24) is 30.1 Å². The lowest BCUT2D eigenvalue weighted by molar-refractivity contribution is -0.140. The number of halogens is 1. The lowest BCUT2D eigenvalue weighted by atomic mass is 9.92. The van der Waals surface area contributed by atoms with Crippen molar-refractivity contribution in [2.45, 2.75) is 45.6 Å². The molecule has 2 atom stereocenters. The zero-order valence-corrected chi connectivity index (χ0v) is 23.3. The van der Waals surface area contributed by atoms with Gasteiger partial charge in [-0.15, -0.1) is 5.10 Å². The number of ether oxygens (including phenoxy) is 2. The Labute approximate surface area is 229 Å². The summed E-state index contributed by atoms with van der Waals surface area (Å²) in [6.07, 6.45) is 2.61. The fourth-order valence-electron chi connectivity index (χ4n) is 5.36. The molecule has 2 aliphatic rings. The molecule has 2 saturated heterocycles. The summed E-state index contributed by atoms with van der Waals surface area (Å²) in [5.74, 6) is -0.571. The molecule has 1 N–H and O–H groups in total. The maximum absolute atomic E-state index is 14.7. The van der Waals surface area contributed by atoms with E-state index in [0.717, 1.165) is 12.8 Å². The molecule has 11 heteroatoms. The summed E-state index contributed by atoms with van der Waals surface area (Å²) in [5, 5.41) is 11.9. The van der Waals surface area contributed by atoms with Gasteiger partial charge in [-0.3, -0.25) is 9.59 Å². The number of aromatic nitrogens is 3. The lowest BCUT2D eigenvalue weighted by Gasteiger charge is -2.40. The summed E-state index contributed by atoms with van der Waals surface area (Å²) in [5.41, 5.74) is 1.08. The highest BCUT2D eigenvalue weighted by Crippen LogP contribution is 2.24. The second-order valence-corrected chi connectivity index (χ2v) is 10.7. The van der Waals surface area contributed by atoms with Crippen LogP contribution in [0, 0.1) is 17.7 Å². The molecule has 1 aromatic carbocycles. The number of amides is 2. The predicted molar refractivity (Wildman–Crippen MR) is 144 cm³/mol. The Kier molecular flexibility index (Phi) is 10.4. The van der Waals surface area contributed by atoms with E-state index < -0.39 is 5.82 Å². The van der Waals surface area contributed by atoms with Crippen LogP contribution in [0.5, 0.6) is 0 Å². The molecule has 214 valence electrons. The van der Waals surface area contributed by atoms with E-state index in [0.29, 0.717) is 71.1 Å². The molecule has 2 fully saturated rings. The van der Waals surface area contributed by atoms with Crippen molar-refractivity contribution >= 4 is 11.8 Å². The average molecular weight is 545 g/mol. The van der Waals surface area contributed by atoms with Gasteiger partial charge in [-0.2, -0.15) is 0 Å². The van der Waals surface area contributed by atoms with Crippen LogP contribution in [-0.2, 0) is 20.7 Å². The van der Waals surface area contributed by atoms with Gasteiger partial charge in [0.1, 0.15) is 11.5 Å². The summed E-state index contributed by atoms with van der Waals surface area (Å²) in [6, 6.07) is 6.19. The van der Waals surface area contributed by atoms with Gasteiger partial charge in [-0.05, 0) is 43.7 Å². The number of nitrogens with zero attached hydrogens (tertiary/aromatic N) is 5. The van der Waals surface area contributed by atoms with Gasteiger partial charge in [-0.1, -0.05) is 31.2 Å². The number of methoxy groups -OCH3 is 1. The molecule has 4 rings (SSSR count). The molecule has 10 nitrogen and oxygen atoms in total. The van der Waals surface area contributed by atoms with Crippen molar-refractivity contribution in [2.75, 3.05) is 59.7 Å². The van der Waals surface area contributed by atoms with Gasteiger partial charge >= 0.3 is 0 Å². The van der Waals surface area contributed by atoms with Gasteiger partial charge in [0.25, 0.3) is 5.91 Å². The van der Waals surface area contributed by atoms with Crippen LogP contribution in [-0.4, -0.2) is 102 Å². The molecule has 39 heavy (non-hydrogen) atoms. The number of para-hydroxylation sites is 1. The molecule has 1 aromatic heterocycles. The second-order valence-electron chi connectivity index (χ2n) is 10.7. The van der Waals surface area contributed by atoms with E-state index in [9.17, 15) is 14.0 Å². The number of rotatable bonds is 11. The first-order chi connectivity index (χ1) is 18.9. The zero-order chi connectivity index (χ0) is 27.8. The Hall–Kier alpha value is -2.89. The molecule has 3 heterocycles. The number of carbonyl (C=O) groups is 2. The first kappa shape index (κ1) is 29.1. The van der Waals surface area contributed by atoms with E-state index in [2.05, 4.69) is 29.5 Å². The van der Waals surface area contributed by atoms with Crippen molar-refractivity contribution in [3.63, 3.8) is 0 Å². The van der Waals surface area contributed by atoms with Crippen molar-refractivity contribution < 1.29 is 23.5 Å². The van der Waals surface area contributed by atoms with Gasteiger partial charge in [0.2, 0.25) is 5.91 Å². The quantitative estimate of drug-likeness (QED) is 0.433. The highest BCUT2D eigenvalue weighted by Gasteiger charge is 2.37. The maximum Gasteiger partial charge on any atom is 0.276 e. The number of hydrogen-bond acceptors (Lipinski definition) is 7. The minimum Gasteiger partial charge on any atom is -0.385 e. The van der Waals surface area contributed by atoms with E-state index >= 15 is 0 Å². The number of unbranched alkanes of at least 4 members (excludes halogenated alkanes) is 1. The van der Waals surface area contributed by atoms with Crippen LogP contribution in [0.1, 0.15) is 49.3 Å². The third-order valence-corrected chi connectivity index (χ3v) is 7.32. The first-order valence-electron chi connectivity index (χ1n) is 14.0. The third kappa shape index (κ3) is 7.20. The van der Waals surface area contributed by atoms with Crippen LogP contribution < -0.4 is 5.32 Å². The van der Waals surface area contributed by atoms with E-state index in [1.807, 2.05) is 9.80 Å². The topological polar surface area (TPSA) is 102 Å². The highest BCUT2D eigenvalue weighted by atomic mass is 19.1. The second kappa shape index (κ2) is 14.0. The van der Waals surface area contributed by atoms with E-state index in [1.54, 1.807) is 25.3 Å². The van der Waals surface area contributed by atoms with Crippen molar-refractivity contribution in [3.05, 3.63) is 41.5 Å². The predicted octanol–water partition coefficient (Wildman–Crippen LogP) is 2.31. The molecule has 0 aliphatic carbocycles. The number of morpholine rings is 1. The monoisotopic (exact) mass is 544 g/mol. The lowest BCUT2D eigenvalue weighted by Crippen LogP contribution is -2.56. The Balaban J connectivity index is 1.60. The number of nitrogens with one attached hydrogen (secondary N) is 1. The number of benzene rings is 1. The molecule has 2 aromatic rings. The first-order valence-corrected chi connectivity index (χ1v) is 14.0. The van der Waals surface area contributed by atoms with Gasteiger partial charge in [0.05, 0.1) is 24.8 Å². The largest absolute Gasteiger partial charge is 0.385 e. The van der Waals surface area contributed by atoms with Crippen LogP contribution >= 0.6 is 0 Å². The normalized spacial score (nSPS) is 19.9. The molecular formula is C28H41FN6O4. The number of piperidine rings is 1. The molecule has 0 spiro atoms. The number of hydrogen-bond donors (Lipinski definition) is 1. The van der Waals surface area contributed by atoms with Gasteiger partial charge in [-0.25, -0.2) is 9.07 Å². The molecule has 0 radical (unpaired) electrons. The molecule has 2 aliphatic heterocycles. The summed E-state index contributed by atoms with van der Waals surface area (Å²) < 4.78 is 26.8. The average Bonchev–Trinajstić information content (AvgIpc) is 3.37. The zero-order valence-electron chi connectivity index (χ0n) is 23.3. The van der Waals surface area contributed by atoms with Crippen LogP contribution in [0.2, 0.25) is 0 Å². The van der Waals surface area contributed by atoms with E-state index in [4.69, 9.17) is 9.47 Å². The van der Waals surface area contributed by atoms with E-state index in [1.165, 1.54) is 10.7 Å². The molecule has 0 bridgehead atoms. The van der Waals surface area contributed by atoms with Gasteiger partial charge < -0.3 is 24.6 Å². The minimum absolute atomic E-state index is 0.108. The van der Waals surface area contributed by atoms with Gasteiger partial charge in [0.15, 0.2) is 5.69 Å². The van der Waals surface area contributed by atoms with Gasteiger partial charge in [0, 0.05) is 52.5 Å². The Morgan fingerprint density at radius 3 is 2.69 bits per heavy atom. The highest BCUT2D eigenvalue weighted by molar-refractivity contribution is 5.94. The van der Waals surface area contributed by atoms with Crippen molar-refractivity contribution in [2.24, 2.45) is 11.8 Å². The van der Waals surface area contributed by atoms with Crippen LogP contribution in [0.25, 0.3) is 5.69 Å². The number of carbonyl (C=O) groups excluding carboxylic acids is 2. The SMILES string of the molecule is COCCCCc1c(C(=O)N(CC(C)C)C2CNC[C@H](C(=O)N3CCOCC3)C2)nnn1-c1ccccc1F. The fraction of sp³-hybridized carbons (Fsp3) is 0.643. The summed E-state index contributed by atoms with van der Waals surface area (Å²) in [6.45, 7) is 8.72. The Morgan fingerprint density at radius 1 is 1.21 bits per heavy atom. The smallest absolute Gasteiger partial charge is 0.276 e. The van der Waals surface area contributed by atoms with Crippen LogP contribution in [0.15, 0.2) is 24.3 Å². The standard InChI is InChI=1S/C28H41FN6O4/c1-20(2)19-34(22-16-21(17-30-18-22)27(36)33-11-14-39-15-12-33)28(37)26-25(10-6-7-13-38-3)35(32-31-26)24-9-5-4-8-23(24)29/h4-5,8-9,20-22,30H,6-7,10-19H2,1-3H3/t21-,22?/m1/s1. The molecule has 1 unspecified atom stereocenters. The molecular weight excluding hydrogens is 503 g/mol. The van der Waals surface area contributed by atoms with Crippen molar-refractivity contribution in [1.29, 1.82) is 0 Å². The summed E-state index contributed by atoms with van der Waals surface area (Å²) in [4.78, 5) is 31.1.